The molecule has 2 aromatic rings. The Kier molecular flexibility index (Phi) is 6.27. The molecule has 0 amide bonds. The Hall–Kier alpha value is -2.35. The molecule has 3 rings (SSSR count). The number of likely N-dealkylation sites (tertiary alicyclic amines) is 1. The second-order valence-corrected chi connectivity index (χ2v) is 6.57. The van der Waals surface area contributed by atoms with Gasteiger partial charge in [-0.1, -0.05) is 0 Å². The van der Waals surface area contributed by atoms with Gasteiger partial charge in [-0.25, -0.2) is 4.99 Å². The lowest BCUT2D eigenvalue weighted by atomic mass is 10.2. The molecule has 26 heavy (non-hydrogen) atoms. The van der Waals surface area contributed by atoms with E-state index in [1.54, 1.807) is 6.26 Å². The predicted molar refractivity (Wildman–Crippen MR) is 101 cm³/mol. The maximum absolute atomic E-state index is 5.68. The zero-order valence-corrected chi connectivity index (χ0v) is 15.9. The summed E-state index contributed by atoms with van der Waals surface area (Å²) in [5.41, 5.74) is 0. The molecule has 1 aliphatic heterocycles. The standard InChI is InChI=1S/C18H29N7O/c1-4-19-18(21-13-17-23-22-14(2)24(17)3)20-12-15(16-8-7-11-26-16)25-9-5-6-10-25/h7-8,11,15H,4-6,9-10,12-13H2,1-3H3,(H2,19,20,21). The average molecular weight is 359 g/mol. The number of aliphatic imine (C=N–C) groups is 1. The third-order valence-corrected chi connectivity index (χ3v) is 4.82. The summed E-state index contributed by atoms with van der Waals surface area (Å²) in [7, 11) is 1.96. The summed E-state index contributed by atoms with van der Waals surface area (Å²) in [6, 6.07) is 4.22. The van der Waals surface area contributed by atoms with Gasteiger partial charge in [-0.05, 0) is 51.9 Å². The quantitative estimate of drug-likeness (QED) is 0.577. The van der Waals surface area contributed by atoms with Gasteiger partial charge >= 0.3 is 0 Å². The van der Waals surface area contributed by atoms with Crippen molar-refractivity contribution >= 4 is 5.96 Å². The summed E-state index contributed by atoms with van der Waals surface area (Å²) in [6.07, 6.45) is 4.24. The largest absolute Gasteiger partial charge is 0.468 e. The summed E-state index contributed by atoms with van der Waals surface area (Å²) in [5.74, 6) is 3.52. The van der Waals surface area contributed by atoms with Crippen LogP contribution in [0.1, 0.15) is 43.2 Å². The van der Waals surface area contributed by atoms with E-state index in [9.17, 15) is 0 Å². The lowest BCUT2D eigenvalue weighted by Gasteiger charge is -2.26. The fraction of sp³-hybridized carbons (Fsp3) is 0.611. The lowest BCUT2D eigenvalue weighted by molar-refractivity contribution is 0.215. The average Bonchev–Trinajstić information content (AvgIpc) is 3.39. The number of rotatable bonds is 7. The fourth-order valence-electron chi connectivity index (χ4n) is 3.22. The van der Waals surface area contributed by atoms with Crippen molar-refractivity contribution in [1.29, 1.82) is 0 Å². The van der Waals surface area contributed by atoms with Gasteiger partial charge in [0.2, 0.25) is 0 Å². The Morgan fingerprint density at radius 1 is 1.31 bits per heavy atom. The van der Waals surface area contributed by atoms with E-state index in [4.69, 9.17) is 4.42 Å². The van der Waals surface area contributed by atoms with Crippen LogP contribution >= 0.6 is 0 Å². The fourth-order valence-corrected chi connectivity index (χ4v) is 3.22. The summed E-state index contributed by atoms with van der Waals surface area (Å²) in [6.45, 7) is 8.26. The van der Waals surface area contributed by atoms with Gasteiger partial charge in [0.05, 0.1) is 12.3 Å². The van der Waals surface area contributed by atoms with E-state index in [2.05, 4.69) is 43.7 Å². The number of nitrogens with zero attached hydrogens (tertiary/aromatic N) is 5. The van der Waals surface area contributed by atoms with Crippen LogP contribution in [0.15, 0.2) is 27.8 Å². The first-order valence-corrected chi connectivity index (χ1v) is 9.33. The topological polar surface area (TPSA) is 83.5 Å². The molecule has 0 aromatic carbocycles. The van der Waals surface area contributed by atoms with Crippen molar-refractivity contribution in [2.24, 2.45) is 12.0 Å². The second-order valence-electron chi connectivity index (χ2n) is 6.57. The Morgan fingerprint density at radius 2 is 2.12 bits per heavy atom. The second kappa shape index (κ2) is 8.84. The van der Waals surface area contributed by atoms with Crippen LogP contribution in [-0.2, 0) is 13.6 Å². The van der Waals surface area contributed by atoms with Crippen LogP contribution in [0.4, 0.5) is 0 Å². The highest BCUT2D eigenvalue weighted by molar-refractivity contribution is 5.79. The molecule has 1 atom stereocenters. The minimum Gasteiger partial charge on any atom is -0.468 e. The van der Waals surface area contributed by atoms with E-state index in [0.717, 1.165) is 49.5 Å². The molecule has 8 nitrogen and oxygen atoms in total. The Bertz CT molecular complexity index is 701. The van der Waals surface area contributed by atoms with E-state index in [1.807, 2.05) is 24.6 Å². The van der Waals surface area contributed by atoms with Gasteiger partial charge in [0.25, 0.3) is 0 Å². The van der Waals surface area contributed by atoms with Gasteiger partial charge in [-0.15, -0.1) is 10.2 Å². The van der Waals surface area contributed by atoms with E-state index in [0.29, 0.717) is 6.54 Å². The van der Waals surface area contributed by atoms with E-state index in [1.165, 1.54) is 12.8 Å². The van der Waals surface area contributed by atoms with Gasteiger partial charge in [-0.2, -0.15) is 0 Å². The molecule has 142 valence electrons. The smallest absolute Gasteiger partial charge is 0.191 e. The molecule has 3 heterocycles. The van der Waals surface area contributed by atoms with Crippen LogP contribution < -0.4 is 10.6 Å². The molecule has 1 aliphatic rings. The van der Waals surface area contributed by atoms with Crippen LogP contribution in [0.2, 0.25) is 0 Å². The molecule has 2 aromatic heterocycles. The molecule has 0 spiro atoms. The predicted octanol–water partition coefficient (Wildman–Crippen LogP) is 1.61. The first-order valence-electron chi connectivity index (χ1n) is 9.33. The van der Waals surface area contributed by atoms with Gasteiger partial charge in [0.15, 0.2) is 11.8 Å². The van der Waals surface area contributed by atoms with Crippen molar-refractivity contribution in [3.8, 4) is 0 Å². The maximum atomic E-state index is 5.68. The van der Waals surface area contributed by atoms with Crippen LogP contribution in [0.25, 0.3) is 0 Å². The van der Waals surface area contributed by atoms with Gasteiger partial charge in [0.1, 0.15) is 18.1 Å². The molecule has 0 saturated carbocycles. The highest BCUT2D eigenvalue weighted by Crippen LogP contribution is 2.24. The molecule has 0 bridgehead atoms. The summed E-state index contributed by atoms with van der Waals surface area (Å²) >= 11 is 0. The van der Waals surface area contributed by atoms with Crippen molar-refractivity contribution in [3.05, 3.63) is 35.8 Å². The number of aromatic nitrogens is 3. The number of furan rings is 1. The molecule has 8 heteroatoms. The minimum absolute atomic E-state index is 0.216. The molecule has 1 saturated heterocycles. The Balaban J connectivity index is 1.66. The number of aryl methyl sites for hydroxylation is 1. The van der Waals surface area contributed by atoms with Crippen LogP contribution in [0.5, 0.6) is 0 Å². The van der Waals surface area contributed by atoms with Gasteiger partial charge in [-0.3, -0.25) is 4.90 Å². The van der Waals surface area contributed by atoms with Crippen LogP contribution in [0.3, 0.4) is 0 Å². The SMILES string of the molecule is CCNC(=NCc1nnc(C)n1C)NCC(c1ccco1)N1CCCC1. The van der Waals surface area contributed by atoms with Crippen molar-refractivity contribution in [3.63, 3.8) is 0 Å². The van der Waals surface area contributed by atoms with Crippen molar-refractivity contribution in [1.82, 2.24) is 30.3 Å². The van der Waals surface area contributed by atoms with E-state index < -0.39 is 0 Å². The molecule has 1 unspecified atom stereocenters. The third kappa shape index (κ3) is 4.43. The van der Waals surface area contributed by atoms with Crippen molar-refractivity contribution < 1.29 is 4.42 Å². The van der Waals surface area contributed by atoms with Gasteiger partial charge in [0, 0.05) is 20.1 Å². The molecule has 0 radical (unpaired) electrons. The Labute approximate surface area is 154 Å². The number of guanidine groups is 1. The molecular formula is C18H29N7O. The molecular weight excluding hydrogens is 330 g/mol. The van der Waals surface area contributed by atoms with E-state index >= 15 is 0 Å². The highest BCUT2D eigenvalue weighted by Gasteiger charge is 2.25. The molecule has 2 N–H and O–H groups in total. The number of hydrogen-bond acceptors (Lipinski definition) is 5. The molecule has 0 aliphatic carbocycles. The highest BCUT2D eigenvalue weighted by atomic mass is 16.3. The number of nitrogens with one attached hydrogen (secondary N) is 2. The third-order valence-electron chi connectivity index (χ3n) is 4.82. The van der Waals surface area contributed by atoms with Crippen molar-refractivity contribution in [2.75, 3.05) is 26.2 Å². The molecule has 1 fully saturated rings. The van der Waals surface area contributed by atoms with E-state index in [-0.39, 0.29) is 6.04 Å². The summed E-state index contributed by atoms with van der Waals surface area (Å²) in [5, 5.41) is 15.0. The lowest BCUT2D eigenvalue weighted by Crippen LogP contribution is -2.42. The number of hydrogen-bond donors (Lipinski definition) is 2. The zero-order chi connectivity index (χ0) is 18.4. The monoisotopic (exact) mass is 359 g/mol. The van der Waals surface area contributed by atoms with Crippen LogP contribution in [-0.4, -0.2) is 51.8 Å². The first-order chi connectivity index (χ1) is 12.7. The Morgan fingerprint density at radius 3 is 2.73 bits per heavy atom. The van der Waals surface area contributed by atoms with Gasteiger partial charge < -0.3 is 19.6 Å². The first kappa shape index (κ1) is 18.4. The maximum Gasteiger partial charge on any atom is 0.191 e. The van der Waals surface area contributed by atoms with Crippen LogP contribution in [0, 0.1) is 6.92 Å². The van der Waals surface area contributed by atoms with Crippen molar-refractivity contribution in [2.45, 2.75) is 39.3 Å². The minimum atomic E-state index is 0.216. The summed E-state index contributed by atoms with van der Waals surface area (Å²) in [4.78, 5) is 7.13. The normalized spacial score (nSPS) is 16.8. The zero-order valence-electron chi connectivity index (χ0n) is 15.9. The summed E-state index contributed by atoms with van der Waals surface area (Å²) < 4.78 is 7.65.